The number of esters is 1. The molecular formula is C21H15ClO4. The Hall–Kier alpha value is -3.11. The maximum absolute atomic E-state index is 12.9. The van der Waals surface area contributed by atoms with E-state index in [-0.39, 0.29) is 22.1 Å². The number of Topliss-reactive ketones (excluding diaryl/α,β-unsaturated/α-hetero) is 1. The summed E-state index contributed by atoms with van der Waals surface area (Å²) in [5.41, 5.74) is 0.861. The third-order valence-corrected chi connectivity index (χ3v) is 4.04. The van der Waals surface area contributed by atoms with Crippen molar-refractivity contribution in [1.29, 1.82) is 0 Å². The van der Waals surface area contributed by atoms with E-state index in [0.717, 1.165) is 0 Å². The van der Waals surface area contributed by atoms with E-state index >= 15 is 0 Å². The normalized spacial score (nSPS) is 11.6. The van der Waals surface area contributed by atoms with Crippen LogP contribution in [0.15, 0.2) is 78.9 Å². The number of phenols is 1. The third kappa shape index (κ3) is 3.92. The number of benzene rings is 3. The van der Waals surface area contributed by atoms with Crippen LogP contribution in [0, 0.1) is 0 Å². The Bertz CT molecular complexity index is 923. The van der Waals surface area contributed by atoms with Gasteiger partial charge in [-0.3, -0.25) is 4.79 Å². The van der Waals surface area contributed by atoms with Gasteiger partial charge in [0.05, 0.1) is 0 Å². The molecule has 1 N–H and O–H groups in total. The van der Waals surface area contributed by atoms with E-state index < -0.39 is 12.1 Å². The summed E-state index contributed by atoms with van der Waals surface area (Å²) >= 11 is 5.89. The van der Waals surface area contributed by atoms with E-state index in [1.165, 1.54) is 18.2 Å². The number of hydrogen-bond donors (Lipinski definition) is 1. The molecule has 0 saturated carbocycles. The van der Waals surface area contributed by atoms with Gasteiger partial charge in [-0.25, -0.2) is 4.79 Å². The van der Waals surface area contributed by atoms with Crippen LogP contribution in [-0.2, 0) is 4.74 Å². The Morgan fingerprint density at radius 3 is 2.15 bits per heavy atom. The highest BCUT2D eigenvalue weighted by atomic mass is 35.5. The number of phenolic OH excluding ortho intramolecular Hbond substituents is 1. The molecule has 3 rings (SSSR count). The molecule has 0 aliphatic carbocycles. The largest absolute Gasteiger partial charge is 0.507 e. The first kappa shape index (κ1) is 17.7. The molecule has 0 unspecified atom stereocenters. The molecule has 0 amide bonds. The predicted octanol–water partition coefficient (Wildman–Crippen LogP) is 4.83. The number of halogens is 1. The van der Waals surface area contributed by atoms with E-state index in [4.69, 9.17) is 16.3 Å². The van der Waals surface area contributed by atoms with Gasteiger partial charge in [-0.15, -0.1) is 0 Å². The predicted molar refractivity (Wildman–Crippen MR) is 98.5 cm³/mol. The van der Waals surface area contributed by atoms with Gasteiger partial charge < -0.3 is 9.84 Å². The molecule has 26 heavy (non-hydrogen) atoms. The minimum atomic E-state index is -1.13. The van der Waals surface area contributed by atoms with Gasteiger partial charge in [0.15, 0.2) is 6.10 Å². The lowest BCUT2D eigenvalue weighted by atomic mass is 9.99. The number of ketones is 1. The highest BCUT2D eigenvalue weighted by Gasteiger charge is 2.27. The van der Waals surface area contributed by atoms with Crippen molar-refractivity contribution in [1.82, 2.24) is 0 Å². The van der Waals surface area contributed by atoms with Crippen molar-refractivity contribution in [2.24, 2.45) is 0 Å². The lowest BCUT2D eigenvalue weighted by Gasteiger charge is -2.18. The molecule has 0 aliphatic heterocycles. The Morgan fingerprint density at radius 2 is 1.50 bits per heavy atom. The summed E-state index contributed by atoms with van der Waals surface area (Å²) < 4.78 is 5.47. The van der Waals surface area contributed by atoms with Crippen LogP contribution in [0.4, 0.5) is 0 Å². The first-order chi connectivity index (χ1) is 12.6. The molecule has 0 radical (unpaired) electrons. The van der Waals surface area contributed by atoms with Crippen LogP contribution in [-0.4, -0.2) is 16.9 Å². The summed E-state index contributed by atoms with van der Waals surface area (Å²) in [5, 5.41) is 10.2. The lowest BCUT2D eigenvalue weighted by Crippen LogP contribution is -2.20. The van der Waals surface area contributed by atoms with E-state index in [0.29, 0.717) is 11.1 Å². The molecule has 0 saturated heterocycles. The average Bonchev–Trinajstić information content (AvgIpc) is 2.68. The van der Waals surface area contributed by atoms with E-state index in [2.05, 4.69) is 0 Å². The Labute approximate surface area is 155 Å². The maximum atomic E-state index is 12.9. The molecule has 0 spiro atoms. The molecule has 0 fully saturated rings. The van der Waals surface area contributed by atoms with Gasteiger partial charge >= 0.3 is 5.97 Å². The second-order valence-corrected chi connectivity index (χ2v) is 6.02. The average molecular weight is 367 g/mol. The van der Waals surface area contributed by atoms with Gasteiger partial charge in [0.25, 0.3) is 0 Å². The summed E-state index contributed by atoms with van der Waals surface area (Å²) in [6.45, 7) is 0. The van der Waals surface area contributed by atoms with Crippen molar-refractivity contribution >= 4 is 23.4 Å². The van der Waals surface area contributed by atoms with Crippen LogP contribution < -0.4 is 0 Å². The Morgan fingerprint density at radius 1 is 0.885 bits per heavy atom. The topological polar surface area (TPSA) is 63.6 Å². The van der Waals surface area contributed by atoms with Crippen LogP contribution in [0.3, 0.4) is 0 Å². The van der Waals surface area contributed by atoms with Crippen molar-refractivity contribution in [2.75, 3.05) is 0 Å². The number of hydrogen-bond acceptors (Lipinski definition) is 4. The Balaban J connectivity index is 1.95. The van der Waals surface area contributed by atoms with Crippen molar-refractivity contribution < 1.29 is 19.4 Å². The van der Waals surface area contributed by atoms with Crippen LogP contribution in [0.25, 0.3) is 0 Å². The van der Waals surface area contributed by atoms with Gasteiger partial charge in [0.1, 0.15) is 11.3 Å². The Kier molecular flexibility index (Phi) is 5.34. The van der Waals surface area contributed by atoms with Crippen molar-refractivity contribution in [3.8, 4) is 5.75 Å². The number of carbonyl (C=O) groups excluding carboxylic acids is 2. The summed E-state index contributed by atoms with van der Waals surface area (Å²) in [4.78, 5) is 25.4. The van der Waals surface area contributed by atoms with E-state index in [1.54, 1.807) is 60.7 Å². The number of ether oxygens (including phenoxy) is 1. The molecule has 1 atom stereocenters. The minimum Gasteiger partial charge on any atom is -0.507 e. The fraction of sp³-hybridized carbons (Fsp3) is 0.0476. The zero-order valence-corrected chi connectivity index (χ0v) is 14.4. The molecule has 0 bridgehead atoms. The van der Waals surface area contributed by atoms with Crippen molar-refractivity contribution in [3.05, 3.63) is 101 Å². The van der Waals surface area contributed by atoms with Crippen LogP contribution in [0.1, 0.15) is 32.4 Å². The second kappa shape index (κ2) is 7.85. The quantitative estimate of drug-likeness (QED) is 0.519. The molecule has 0 aromatic heterocycles. The molecule has 3 aromatic rings. The molecule has 3 aromatic carbocycles. The minimum absolute atomic E-state index is 0.0979. The first-order valence-electron chi connectivity index (χ1n) is 7.90. The summed E-state index contributed by atoms with van der Waals surface area (Å²) in [5.74, 6) is -1.45. The third-order valence-electron chi connectivity index (χ3n) is 3.80. The SMILES string of the molecule is O=C(O[C@@H](C(=O)c1ccccc1)c1ccccc1)c1cc(Cl)ccc1O. The molecule has 4 nitrogen and oxygen atoms in total. The number of rotatable bonds is 5. The van der Waals surface area contributed by atoms with Gasteiger partial charge in [0, 0.05) is 16.1 Å². The molecular weight excluding hydrogens is 352 g/mol. The summed E-state index contributed by atoms with van der Waals surface area (Å²) in [7, 11) is 0. The molecule has 130 valence electrons. The van der Waals surface area contributed by atoms with Crippen LogP contribution >= 0.6 is 11.6 Å². The lowest BCUT2D eigenvalue weighted by molar-refractivity contribution is 0.0277. The number of aromatic hydroxyl groups is 1. The van der Waals surface area contributed by atoms with E-state index in [1.807, 2.05) is 0 Å². The highest BCUT2D eigenvalue weighted by Crippen LogP contribution is 2.27. The fourth-order valence-corrected chi connectivity index (χ4v) is 2.67. The van der Waals surface area contributed by atoms with Crippen molar-refractivity contribution in [3.63, 3.8) is 0 Å². The zero-order chi connectivity index (χ0) is 18.5. The first-order valence-corrected chi connectivity index (χ1v) is 8.28. The summed E-state index contributed by atoms with van der Waals surface area (Å²) in [6.07, 6.45) is -1.13. The van der Waals surface area contributed by atoms with Crippen LogP contribution in [0.5, 0.6) is 5.75 Å². The van der Waals surface area contributed by atoms with Crippen molar-refractivity contribution in [2.45, 2.75) is 6.10 Å². The maximum Gasteiger partial charge on any atom is 0.343 e. The van der Waals surface area contributed by atoms with Gasteiger partial charge in [0.2, 0.25) is 5.78 Å². The summed E-state index contributed by atoms with van der Waals surface area (Å²) in [6, 6.07) is 21.4. The molecule has 0 heterocycles. The highest BCUT2D eigenvalue weighted by molar-refractivity contribution is 6.31. The van der Waals surface area contributed by atoms with Gasteiger partial charge in [-0.05, 0) is 18.2 Å². The molecule has 5 heteroatoms. The van der Waals surface area contributed by atoms with E-state index in [9.17, 15) is 14.7 Å². The number of carbonyl (C=O) groups is 2. The van der Waals surface area contributed by atoms with Gasteiger partial charge in [-0.1, -0.05) is 72.3 Å². The standard InChI is InChI=1S/C21H15ClO4/c22-16-11-12-18(23)17(13-16)21(25)26-20(15-9-5-2-6-10-15)19(24)14-7-3-1-4-8-14/h1-13,20,23H/t20-/m1/s1. The van der Waals surface area contributed by atoms with Crippen LogP contribution in [0.2, 0.25) is 5.02 Å². The fourth-order valence-electron chi connectivity index (χ4n) is 2.50. The zero-order valence-electron chi connectivity index (χ0n) is 13.6. The second-order valence-electron chi connectivity index (χ2n) is 5.59. The molecule has 0 aliphatic rings. The monoisotopic (exact) mass is 366 g/mol. The smallest absolute Gasteiger partial charge is 0.343 e. The van der Waals surface area contributed by atoms with Gasteiger partial charge in [-0.2, -0.15) is 0 Å².